The molecule has 1 aromatic carbocycles. The largest absolute Gasteiger partial charge is 0.468 e. The third kappa shape index (κ3) is 7.11. The molecule has 1 aliphatic carbocycles. The maximum absolute atomic E-state index is 13.1. The molecule has 1 aliphatic heterocycles. The van der Waals surface area contributed by atoms with E-state index in [4.69, 9.17) is 14.2 Å². The van der Waals surface area contributed by atoms with Crippen LogP contribution < -0.4 is 15.4 Å². The molecule has 0 spiro atoms. The number of benzene rings is 1. The molecule has 1 aromatic heterocycles. The molecule has 2 aliphatic rings. The summed E-state index contributed by atoms with van der Waals surface area (Å²) in [5.41, 5.74) is 1.37. The van der Waals surface area contributed by atoms with Gasteiger partial charge in [0, 0.05) is 32.3 Å². The van der Waals surface area contributed by atoms with Crippen LogP contribution in [0.2, 0.25) is 0 Å². The Kier molecular flexibility index (Phi) is 8.68. The molecule has 1 fully saturated rings. The molecule has 2 atom stereocenters. The van der Waals surface area contributed by atoms with E-state index >= 15 is 0 Å². The minimum absolute atomic E-state index is 0.0669. The van der Waals surface area contributed by atoms with Gasteiger partial charge in [0.1, 0.15) is 29.2 Å². The Hall–Kier alpha value is -3.44. The van der Waals surface area contributed by atoms with E-state index in [-0.39, 0.29) is 25.6 Å². The lowest BCUT2D eigenvalue weighted by Gasteiger charge is -2.40. The zero-order chi connectivity index (χ0) is 27.3. The molecule has 38 heavy (non-hydrogen) atoms. The number of hydrogen-bond donors (Lipinski definition) is 3. The Bertz CT molecular complexity index is 1130. The van der Waals surface area contributed by atoms with Gasteiger partial charge in [-0.1, -0.05) is 6.07 Å². The van der Waals surface area contributed by atoms with Gasteiger partial charge < -0.3 is 30.0 Å². The summed E-state index contributed by atoms with van der Waals surface area (Å²) >= 11 is 0. The highest BCUT2D eigenvalue weighted by molar-refractivity contribution is 5.92. The monoisotopic (exact) mass is 527 g/mol. The van der Waals surface area contributed by atoms with E-state index in [0.29, 0.717) is 24.0 Å². The molecule has 4 rings (SSSR count). The normalized spacial score (nSPS) is 18.1. The van der Waals surface area contributed by atoms with Gasteiger partial charge in [0.2, 0.25) is 0 Å². The van der Waals surface area contributed by atoms with Crippen molar-refractivity contribution in [2.75, 3.05) is 25.8 Å². The van der Waals surface area contributed by atoms with Gasteiger partial charge in [0.05, 0.1) is 12.1 Å². The molecule has 2 aromatic rings. The summed E-state index contributed by atoms with van der Waals surface area (Å²) in [7, 11) is 1.54. The van der Waals surface area contributed by atoms with Crippen molar-refractivity contribution < 1.29 is 28.9 Å². The van der Waals surface area contributed by atoms with Crippen LogP contribution in [0.5, 0.6) is 5.75 Å². The molecule has 206 valence electrons. The molecular weight excluding hydrogens is 490 g/mol. The van der Waals surface area contributed by atoms with Crippen molar-refractivity contribution in [3.63, 3.8) is 0 Å². The predicted octanol–water partition coefficient (Wildman–Crippen LogP) is 2.88. The highest BCUT2D eigenvalue weighted by atomic mass is 16.7. The summed E-state index contributed by atoms with van der Waals surface area (Å²) in [5, 5.41) is 17.2. The Balaban J connectivity index is 1.45. The minimum Gasteiger partial charge on any atom is -0.468 e. The number of carbonyl (C=O) groups excluding carboxylic acids is 2. The Morgan fingerprint density at radius 1 is 1.18 bits per heavy atom. The van der Waals surface area contributed by atoms with Crippen LogP contribution in [0.4, 0.5) is 10.6 Å². The molecule has 11 heteroatoms. The molecular formula is C27H37N5O6. The number of carbonyl (C=O) groups is 2. The van der Waals surface area contributed by atoms with Gasteiger partial charge >= 0.3 is 6.09 Å². The Morgan fingerprint density at radius 3 is 2.66 bits per heavy atom. The van der Waals surface area contributed by atoms with E-state index in [1.165, 1.54) is 17.6 Å². The second-order valence-corrected chi connectivity index (χ2v) is 10.7. The number of aliphatic hydroxyl groups excluding tert-OH is 1. The standard InChI is InChI=1S/C27H37N5O6/c1-27(2,3)38-26(35)32-14-18-10-20(37-16-36-4)9-8-17(18)11-22(32)23(33)13-28-25(34)21-12-24(30-15-29-21)31-19-6-5-7-19/h8-10,12,15,19,22-23,33H,5-7,11,13-14,16H2,1-4H3,(H,28,34)(H,29,30,31)/t22-,23+/m0/s1. The van der Waals surface area contributed by atoms with Crippen molar-refractivity contribution >= 4 is 17.8 Å². The highest BCUT2D eigenvalue weighted by Crippen LogP contribution is 2.30. The summed E-state index contributed by atoms with van der Waals surface area (Å²) in [6.45, 7) is 5.65. The number of amides is 2. The van der Waals surface area contributed by atoms with Crippen LogP contribution in [0.3, 0.4) is 0 Å². The first kappa shape index (κ1) is 27.6. The van der Waals surface area contributed by atoms with Crippen molar-refractivity contribution in [2.24, 2.45) is 0 Å². The first-order valence-corrected chi connectivity index (χ1v) is 12.9. The predicted molar refractivity (Wildman–Crippen MR) is 140 cm³/mol. The number of aromatic nitrogens is 2. The smallest absolute Gasteiger partial charge is 0.410 e. The second-order valence-electron chi connectivity index (χ2n) is 10.7. The van der Waals surface area contributed by atoms with Crippen LogP contribution in [-0.2, 0) is 22.4 Å². The number of ether oxygens (including phenoxy) is 3. The highest BCUT2D eigenvalue weighted by Gasteiger charge is 2.37. The van der Waals surface area contributed by atoms with Crippen LogP contribution >= 0.6 is 0 Å². The average Bonchev–Trinajstić information content (AvgIpc) is 2.86. The average molecular weight is 528 g/mol. The number of aliphatic hydroxyl groups is 1. The van der Waals surface area contributed by atoms with Crippen LogP contribution in [0.15, 0.2) is 30.6 Å². The molecule has 0 bridgehead atoms. The lowest BCUT2D eigenvalue weighted by molar-refractivity contribution is -0.0114. The fourth-order valence-corrected chi connectivity index (χ4v) is 4.41. The van der Waals surface area contributed by atoms with E-state index in [1.807, 2.05) is 18.2 Å². The number of hydrogen-bond acceptors (Lipinski definition) is 9. The molecule has 2 heterocycles. The van der Waals surface area contributed by atoms with Crippen molar-refractivity contribution in [1.29, 1.82) is 0 Å². The summed E-state index contributed by atoms with van der Waals surface area (Å²) < 4.78 is 16.2. The summed E-state index contributed by atoms with van der Waals surface area (Å²) in [6.07, 6.45) is 3.50. The molecule has 2 amide bonds. The first-order chi connectivity index (χ1) is 18.1. The van der Waals surface area contributed by atoms with Gasteiger partial charge in [0.15, 0.2) is 6.79 Å². The van der Waals surface area contributed by atoms with Crippen molar-refractivity contribution in [1.82, 2.24) is 20.2 Å². The van der Waals surface area contributed by atoms with Crippen molar-refractivity contribution in [3.8, 4) is 5.75 Å². The zero-order valence-corrected chi connectivity index (χ0v) is 22.4. The van der Waals surface area contributed by atoms with E-state index in [1.54, 1.807) is 33.9 Å². The molecule has 11 nitrogen and oxygen atoms in total. The van der Waals surface area contributed by atoms with E-state index in [2.05, 4.69) is 20.6 Å². The number of nitrogens with one attached hydrogen (secondary N) is 2. The third-order valence-corrected chi connectivity index (χ3v) is 6.59. The lowest BCUT2D eigenvalue weighted by atomic mass is 9.91. The molecule has 0 unspecified atom stereocenters. The van der Waals surface area contributed by atoms with Crippen molar-refractivity contribution in [2.45, 2.75) is 76.8 Å². The fourth-order valence-electron chi connectivity index (χ4n) is 4.41. The van der Waals surface area contributed by atoms with Gasteiger partial charge in [0.25, 0.3) is 5.91 Å². The molecule has 1 saturated carbocycles. The Morgan fingerprint density at radius 2 is 1.97 bits per heavy atom. The van der Waals surface area contributed by atoms with E-state index in [0.717, 1.165) is 24.0 Å². The van der Waals surface area contributed by atoms with Crippen molar-refractivity contribution in [3.05, 3.63) is 47.4 Å². The Labute approximate surface area is 222 Å². The summed E-state index contributed by atoms with van der Waals surface area (Å²) in [4.78, 5) is 35.7. The third-order valence-electron chi connectivity index (χ3n) is 6.59. The molecule has 0 saturated heterocycles. The number of anilines is 1. The van der Waals surface area contributed by atoms with Gasteiger partial charge in [-0.3, -0.25) is 9.69 Å². The number of nitrogens with zero attached hydrogens (tertiary/aromatic N) is 3. The summed E-state index contributed by atoms with van der Waals surface area (Å²) in [5.74, 6) is 0.796. The molecule has 3 N–H and O–H groups in total. The first-order valence-electron chi connectivity index (χ1n) is 12.9. The van der Waals surface area contributed by atoms with E-state index < -0.39 is 29.7 Å². The fraction of sp³-hybridized carbons (Fsp3) is 0.556. The second kappa shape index (κ2) is 12.0. The SMILES string of the molecule is COCOc1ccc2c(c1)CN(C(=O)OC(C)(C)C)[C@H]([C@H](O)CNC(=O)c1cc(NC3CCC3)ncn1)C2. The molecule has 0 radical (unpaired) electrons. The number of rotatable bonds is 9. The van der Waals surface area contributed by atoms with Gasteiger partial charge in [-0.15, -0.1) is 0 Å². The number of methoxy groups -OCH3 is 1. The van der Waals surface area contributed by atoms with Crippen LogP contribution in [0.1, 0.15) is 61.6 Å². The van der Waals surface area contributed by atoms with Crippen LogP contribution in [0, 0.1) is 0 Å². The maximum atomic E-state index is 13.1. The number of fused-ring (bicyclic) bond motifs is 1. The lowest BCUT2D eigenvalue weighted by Crippen LogP contribution is -2.54. The zero-order valence-electron chi connectivity index (χ0n) is 22.4. The quantitative estimate of drug-likeness (QED) is 0.421. The topological polar surface area (TPSA) is 135 Å². The van der Waals surface area contributed by atoms with Gasteiger partial charge in [-0.05, 0) is 69.7 Å². The van der Waals surface area contributed by atoms with Gasteiger partial charge in [-0.25, -0.2) is 14.8 Å². The van der Waals surface area contributed by atoms with Crippen LogP contribution in [0.25, 0.3) is 0 Å². The van der Waals surface area contributed by atoms with E-state index in [9.17, 15) is 14.7 Å². The van der Waals surface area contributed by atoms with Gasteiger partial charge in [-0.2, -0.15) is 0 Å². The maximum Gasteiger partial charge on any atom is 0.410 e. The summed E-state index contributed by atoms with van der Waals surface area (Å²) in [6, 6.07) is 6.98. The minimum atomic E-state index is -1.04. The van der Waals surface area contributed by atoms with Crippen LogP contribution in [-0.4, -0.2) is 76.2 Å².